The summed E-state index contributed by atoms with van der Waals surface area (Å²) in [5.74, 6) is 2.06. The number of hydrogen-bond acceptors (Lipinski definition) is 6. The molecule has 1 unspecified atom stereocenters. The molecule has 6 nitrogen and oxygen atoms in total. The van der Waals surface area contributed by atoms with Crippen LogP contribution < -0.4 is 16.0 Å². The number of piperidine rings is 1. The smallest absolute Gasteiger partial charge is 0.134 e. The van der Waals surface area contributed by atoms with Crippen molar-refractivity contribution in [2.45, 2.75) is 25.3 Å². The lowest BCUT2D eigenvalue weighted by Crippen LogP contribution is -2.38. The summed E-state index contributed by atoms with van der Waals surface area (Å²) in [7, 11) is 0. The van der Waals surface area contributed by atoms with Gasteiger partial charge >= 0.3 is 0 Å². The molecule has 0 radical (unpaired) electrons. The van der Waals surface area contributed by atoms with Gasteiger partial charge in [0, 0.05) is 42.3 Å². The number of pyridine rings is 2. The third-order valence-corrected chi connectivity index (χ3v) is 4.97. The summed E-state index contributed by atoms with van der Waals surface area (Å²) in [5, 5.41) is 22.4. The highest BCUT2D eigenvalue weighted by Crippen LogP contribution is 2.24. The zero-order chi connectivity index (χ0) is 18.5. The van der Waals surface area contributed by atoms with Crippen LogP contribution in [0.1, 0.15) is 18.4 Å². The van der Waals surface area contributed by atoms with Gasteiger partial charge in [-0.15, -0.1) is 0 Å². The minimum absolute atomic E-state index is 0.335. The summed E-state index contributed by atoms with van der Waals surface area (Å²) < 4.78 is 0. The van der Waals surface area contributed by atoms with Crippen LogP contribution in [0.25, 0.3) is 10.8 Å². The molecule has 1 aromatic carbocycles. The molecule has 0 spiro atoms. The molecule has 0 saturated carbocycles. The van der Waals surface area contributed by atoms with E-state index in [0.717, 1.165) is 53.9 Å². The van der Waals surface area contributed by atoms with Gasteiger partial charge < -0.3 is 21.1 Å². The maximum atomic E-state index is 9.91. The molecule has 1 aliphatic heterocycles. The average molecular weight is 363 g/mol. The summed E-state index contributed by atoms with van der Waals surface area (Å²) in [6, 6.07) is 11.9. The molecule has 0 bridgehead atoms. The van der Waals surface area contributed by atoms with Crippen LogP contribution in [0.5, 0.6) is 5.75 Å². The van der Waals surface area contributed by atoms with Crippen molar-refractivity contribution in [3.63, 3.8) is 0 Å². The number of benzene rings is 1. The lowest BCUT2D eigenvalue weighted by Gasteiger charge is -2.24. The van der Waals surface area contributed by atoms with E-state index in [1.54, 1.807) is 12.3 Å². The van der Waals surface area contributed by atoms with Crippen molar-refractivity contribution in [2.75, 3.05) is 30.3 Å². The van der Waals surface area contributed by atoms with E-state index < -0.39 is 0 Å². The van der Waals surface area contributed by atoms with Gasteiger partial charge in [-0.1, -0.05) is 18.2 Å². The highest BCUT2D eigenvalue weighted by Gasteiger charge is 2.13. The molecule has 4 N–H and O–H groups in total. The van der Waals surface area contributed by atoms with Crippen LogP contribution in [-0.4, -0.2) is 40.8 Å². The van der Waals surface area contributed by atoms with Gasteiger partial charge in [-0.25, -0.2) is 9.97 Å². The van der Waals surface area contributed by atoms with Gasteiger partial charge in [0.15, 0.2) is 0 Å². The summed E-state index contributed by atoms with van der Waals surface area (Å²) in [4.78, 5) is 9.06. The first-order valence-corrected chi connectivity index (χ1v) is 9.52. The average Bonchev–Trinajstić information content (AvgIpc) is 2.70. The van der Waals surface area contributed by atoms with Crippen LogP contribution in [0.2, 0.25) is 0 Å². The van der Waals surface area contributed by atoms with E-state index in [1.165, 1.54) is 6.42 Å². The van der Waals surface area contributed by atoms with E-state index in [4.69, 9.17) is 0 Å². The van der Waals surface area contributed by atoms with Crippen LogP contribution in [0, 0.1) is 0 Å². The van der Waals surface area contributed by atoms with Crippen molar-refractivity contribution in [3.05, 3.63) is 54.4 Å². The SMILES string of the molecule is Oc1ccccc1CCNc1nccc2cnc(NC3CCCNC3)cc12. The number of aromatic hydroxyl groups is 1. The second-order valence-corrected chi connectivity index (χ2v) is 6.94. The fourth-order valence-corrected chi connectivity index (χ4v) is 3.51. The number of hydrogen-bond donors (Lipinski definition) is 4. The highest BCUT2D eigenvalue weighted by molar-refractivity contribution is 5.92. The summed E-state index contributed by atoms with van der Waals surface area (Å²) in [6.07, 6.45) is 6.76. The Morgan fingerprint density at radius 2 is 2.11 bits per heavy atom. The Labute approximate surface area is 159 Å². The summed E-state index contributed by atoms with van der Waals surface area (Å²) >= 11 is 0. The Hall–Kier alpha value is -2.86. The highest BCUT2D eigenvalue weighted by atomic mass is 16.3. The number of phenolic OH excluding ortho intramolecular Hbond substituents is 1. The first-order chi connectivity index (χ1) is 13.3. The minimum Gasteiger partial charge on any atom is -0.508 e. The number of fused-ring (bicyclic) bond motifs is 1. The van der Waals surface area contributed by atoms with Crippen molar-refractivity contribution in [1.82, 2.24) is 15.3 Å². The lowest BCUT2D eigenvalue weighted by atomic mass is 10.1. The van der Waals surface area contributed by atoms with Crippen molar-refractivity contribution < 1.29 is 5.11 Å². The molecular formula is C21H25N5O. The minimum atomic E-state index is 0.335. The predicted molar refractivity (Wildman–Crippen MR) is 109 cm³/mol. The Morgan fingerprint density at radius 1 is 1.19 bits per heavy atom. The van der Waals surface area contributed by atoms with Gasteiger partial charge in [-0.2, -0.15) is 0 Å². The number of anilines is 2. The number of nitrogens with one attached hydrogen (secondary N) is 3. The molecule has 4 rings (SSSR count). The van der Waals surface area contributed by atoms with E-state index in [0.29, 0.717) is 18.3 Å². The molecular weight excluding hydrogens is 338 g/mol. The number of rotatable bonds is 6. The molecule has 3 heterocycles. The van der Waals surface area contributed by atoms with E-state index in [2.05, 4.69) is 32.0 Å². The first kappa shape index (κ1) is 17.5. The summed E-state index contributed by atoms with van der Waals surface area (Å²) in [5.41, 5.74) is 0.930. The Morgan fingerprint density at radius 3 is 2.96 bits per heavy atom. The van der Waals surface area contributed by atoms with Gasteiger partial charge in [0.05, 0.1) is 0 Å². The van der Waals surface area contributed by atoms with E-state index in [-0.39, 0.29) is 0 Å². The van der Waals surface area contributed by atoms with Crippen LogP contribution in [0.3, 0.4) is 0 Å². The van der Waals surface area contributed by atoms with Crippen molar-refractivity contribution in [3.8, 4) is 5.75 Å². The number of nitrogens with zero attached hydrogens (tertiary/aromatic N) is 2. The van der Waals surface area contributed by atoms with Gasteiger partial charge in [0.25, 0.3) is 0 Å². The van der Waals surface area contributed by atoms with Crippen LogP contribution in [-0.2, 0) is 6.42 Å². The van der Waals surface area contributed by atoms with Gasteiger partial charge in [-0.05, 0) is 49.6 Å². The molecule has 3 aromatic rings. The molecule has 0 amide bonds. The number of aromatic nitrogens is 2. The quantitative estimate of drug-likeness (QED) is 0.539. The molecule has 2 aromatic heterocycles. The molecule has 0 aliphatic carbocycles. The van der Waals surface area contributed by atoms with Gasteiger partial charge in [0.2, 0.25) is 0 Å². The monoisotopic (exact) mass is 363 g/mol. The zero-order valence-electron chi connectivity index (χ0n) is 15.3. The zero-order valence-corrected chi connectivity index (χ0v) is 15.3. The lowest BCUT2D eigenvalue weighted by molar-refractivity contribution is 0.468. The molecule has 1 aliphatic rings. The molecule has 1 atom stereocenters. The van der Waals surface area contributed by atoms with E-state index in [1.807, 2.05) is 30.5 Å². The number of para-hydroxylation sites is 1. The molecule has 1 saturated heterocycles. The van der Waals surface area contributed by atoms with Crippen molar-refractivity contribution >= 4 is 22.4 Å². The van der Waals surface area contributed by atoms with Gasteiger partial charge in [0.1, 0.15) is 17.4 Å². The fourth-order valence-electron chi connectivity index (χ4n) is 3.51. The van der Waals surface area contributed by atoms with E-state index in [9.17, 15) is 5.11 Å². The van der Waals surface area contributed by atoms with Crippen molar-refractivity contribution in [2.24, 2.45) is 0 Å². The second-order valence-electron chi connectivity index (χ2n) is 6.94. The normalized spacial score (nSPS) is 17.0. The standard InChI is InChI=1S/C21H25N5O/c27-19-6-2-1-4-15(19)7-10-23-21-18-12-20(25-13-16(18)8-11-24-21)26-17-5-3-9-22-14-17/h1-2,4,6,8,11-13,17,22,27H,3,5,7,9-10,14H2,(H,23,24)(H,25,26). The third-order valence-electron chi connectivity index (χ3n) is 4.97. The Kier molecular flexibility index (Phi) is 5.34. The van der Waals surface area contributed by atoms with Crippen molar-refractivity contribution in [1.29, 1.82) is 0 Å². The second kappa shape index (κ2) is 8.22. The molecule has 27 heavy (non-hydrogen) atoms. The van der Waals surface area contributed by atoms with Crippen LogP contribution in [0.15, 0.2) is 48.8 Å². The van der Waals surface area contributed by atoms with Gasteiger partial charge in [-0.3, -0.25) is 0 Å². The predicted octanol–water partition coefficient (Wildman–Crippen LogP) is 3.15. The summed E-state index contributed by atoms with van der Waals surface area (Å²) in [6.45, 7) is 2.76. The molecule has 6 heteroatoms. The largest absolute Gasteiger partial charge is 0.508 e. The first-order valence-electron chi connectivity index (χ1n) is 9.52. The Bertz CT molecular complexity index is 908. The van der Waals surface area contributed by atoms with Crippen LogP contribution in [0.4, 0.5) is 11.6 Å². The van der Waals surface area contributed by atoms with E-state index >= 15 is 0 Å². The maximum Gasteiger partial charge on any atom is 0.134 e. The molecule has 1 fully saturated rings. The Balaban J connectivity index is 1.48. The number of phenols is 1. The topological polar surface area (TPSA) is 82.1 Å². The molecule has 140 valence electrons. The van der Waals surface area contributed by atoms with Crippen LogP contribution >= 0.6 is 0 Å². The maximum absolute atomic E-state index is 9.91. The third kappa shape index (κ3) is 4.28. The fraction of sp³-hybridized carbons (Fsp3) is 0.333.